The summed E-state index contributed by atoms with van der Waals surface area (Å²) in [5.41, 5.74) is -0.0283. The molecule has 0 saturated carbocycles. The molecule has 0 amide bonds. The van der Waals surface area contributed by atoms with E-state index in [0.29, 0.717) is 22.5 Å². The average molecular weight is 330 g/mol. The minimum absolute atomic E-state index is 0.0283. The molecule has 0 aliphatic rings. The summed E-state index contributed by atoms with van der Waals surface area (Å²) in [5, 5.41) is 3.04. The van der Waals surface area contributed by atoms with Crippen molar-refractivity contribution in [2.75, 3.05) is 6.54 Å². The zero-order chi connectivity index (χ0) is 14.0. The Morgan fingerprint density at radius 3 is 2.37 bits per heavy atom. The Labute approximate surface area is 118 Å². The van der Waals surface area contributed by atoms with E-state index in [0.717, 1.165) is 0 Å². The minimum Gasteiger partial charge on any atom is -0.464 e. The molecule has 0 spiro atoms. The molecule has 0 aliphatic heterocycles. The molecule has 0 saturated heterocycles. The third-order valence-corrected chi connectivity index (χ3v) is 3.24. The predicted molar refractivity (Wildman–Crippen MR) is 73.0 cm³/mol. The lowest BCUT2D eigenvalue weighted by atomic mass is 10.0. The highest BCUT2D eigenvalue weighted by Crippen LogP contribution is 2.30. The molecule has 2 nitrogen and oxygen atoms in total. The Balaban J connectivity index is 2.51. The van der Waals surface area contributed by atoms with E-state index < -0.39 is 17.7 Å². The van der Waals surface area contributed by atoms with Crippen molar-refractivity contribution < 1.29 is 13.2 Å². The van der Waals surface area contributed by atoms with Gasteiger partial charge in [0.05, 0.1) is 6.04 Å². The molecule has 1 aromatic heterocycles. The molecule has 1 N–H and O–H groups in total. The average Bonchev–Trinajstić information content (AvgIpc) is 2.73. The van der Waals surface area contributed by atoms with Gasteiger partial charge in [-0.15, -0.1) is 0 Å². The zero-order valence-electron chi connectivity index (χ0n) is 10.6. The molecule has 0 fully saturated rings. The van der Waals surface area contributed by atoms with Gasteiger partial charge >= 0.3 is 0 Å². The second-order valence-corrected chi connectivity index (χ2v) is 5.14. The molecule has 1 atom stereocenters. The van der Waals surface area contributed by atoms with Gasteiger partial charge in [-0.25, -0.2) is 8.78 Å². The Hall–Kier alpha value is -1.20. The van der Waals surface area contributed by atoms with Gasteiger partial charge in [0.1, 0.15) is 23.2 Å². The quantitative estimate of drug-likeness (QED) is 0.903. The van der Waals surface area contributed by atoms with Gasteiger partial charge in [-0.05, 0) is 37.7 Å². The van der Waals surface area contributed by atoms with E-state index in [2.05, 4.69) is 21.2 Å². The first-order valence-corrected chi connectivity index (χ1v) is 6.76. The lowest BCUT2D eigenvalue weighted by Crippen LogP contribution is -2.23. The molecule has 0 radical (unpaired) electrons. The van der Waals surface area contributed by atoms with Crippen molar-refractivity contribution in [3.8, 4) is 0 Å². The van der Waals surface area contributed by atoms with Crippen LogP contribution in [0.1, 0.15) is 30.0 Å². The van der Waals surface area contributed by atoms with Crippen molar-refractivity contribution in [1.29, 1.82) is 0 Å². The lowest BCUT2D eigenvalue weighted by molar-refractivity contribution is 0.415. The van der Waals surface area contributed by atoms with E-state index >= 15 is 0 Å². The van der Waals surface area contributed by atoms with E-state index in [1.54, 1.807) is 19.1 Å². The molecule has 0 bridgehead atoms. The standard InChI is InChI=1S/C14H14BrF2NO/c1-3-18-14(12-5-4-8(2)19-12)13-10(16)6-9(15)7-11(13)17/h4-7,14,18H,3H2,1-2H3. The molecule has 1 unspecified atom stereocenters. The van der Waals surface area contributed by atoms with E-state index in [1.807, 2.05) is 6.92 Å². The molecule has 5 heteroatoms. The maximum atomic E-state index is 14.0. The maximum Gasteiger partial charge on any atom is 0.132 e. The first kappa shape index (κ1) is 14.2. The lowest BCUT2D eigenvalue weighted by Gasteiger charge is -2.17. The van der Waals surface area contributed by atoms with E-state index in [4.69, 9.17) is 4.42 Å². The molecular formula is C14H14BrF2NO. The summed E-state index contributed by atoms with van der Waals surface area (Å²) in [6.45, 7) is 4.23. The monoisotopic (exact) mass is 329 g/mol. The van der Waals surface area contributed by atoms with Crippen molar-refractivity contribution in [3.63, 3.8) is 0 Å². The zero-order valence-corrected chi connectivity index (χ0v) is 12.2. The Bertz CT molecular complexity index is 560. The molecule has 1 aromatic carbocycles. The number of nitrogens with one attached hydrogen (secondary N) is 1. The van der Waals surface area contributed by atoms with Gasteiger partial charge in [0.2, 0.25) is 0 Å². The molecule has 0 aliphatic carbocycles. The van der Waals surface area contributed by atoms with E-state index in [-0.39, 0.29) is 5.56 Å². The summed E-state index contributed by atoms with van der Waals surface area (Å²) in [5.74, 6) is -0.00550. The summed E-state index contributed by atoms with van der Waals surface area (Å²) < 4.78 is 33.9. The van der Waals surface area contributed by atoms with Crippen LogP contribution in [0.4, 0.5) is 8.78 Å². The highest BCUT2D eigenvalue weighted by atomic mass is 79.9. The maximum absolute atomic E-state index is 14.0. The van der Waals surface area contributed by atoms with Gasteiger partial charge in [-0.2, -0.15) is 0 Å². The van der Waals surface area contributed by atoms with Crippen molar-refractivity contribution in [2.45, 2.75) is 19.9 Å². The fraction of sp³-hybridized carbons (Fsp3) is 0.286. The van der Waals surface area contributed by atoms with Crippen LogP contribution < -0.4 is 5.32 Å². The molecule has 19 heavy (non-hydrogen) atoms. The number of rotatable bonds is 4. The van der Waals surface area contributed by atoms with E-state index in [9.17, 15) is 8.78 Å². The smallest absolute Gasteiger partial charge is 0.132 e. The topological polar surface area (TPSA) is 25.2 Å². The van der Waals surface area contributed by atoms with Crippen LogP contribution in [0, 0.1) is 18.6 Å². The fourth-order valence-electron chi connectivity index (χ4n) is 1.99. The normalized spacial score (nSPS) is 12.7. The van der Waals surface area contributed by atoms with Crippen LogP contribution in [-0.4, -0.2) is 6.54 Å². The van der Waals surface area contributed by atoms with Crippen molar-refractivity contribution in [3.05, 3.63) is 57.5 Å². The van der Waals surface area contributed by atoms with Crippen LogP contribution in [0.2, 0.25) is 0 Å². The summed E-state index contributed by atoms with van der Waals surface area (Å²) in [6.07, 6.45) is 0. The summed E-state index contributed by atoms with van der Waals surface area (Å²) in [4.78, 5) is 0. The third kappa shape index (κ3) is 3.04. The molecule has 1 heterocycles. The molecular weight excluding hydrogens is 316 g/mol. The Kier molecular flexibility index (Phi) is 4.37. The number of halogens is 3. The first-order valence-electron chi connectivity index (χ1n) is 5.97. The Morgan fingerprint density at radius 1 is 1.26 bits per heavy atom. The predicted octanol–water partition coefficient (Wildman–Crippen LogP) is 4.33. The first-order chi connectivity index (χ1) is 9.02. The van der Waals surface area contributed by atoms with Crippen LogP contribution in [0.3, 0.4) is 0 Å². The van der Waals surface area contributed by atoms with Gasteiger partial charge in [-0.1, -0.05) is 22.9 Å². The molecule has 2 rings (SSSR count). The van der Waals surface area contributed by atoms with Crippen LogP contribution >= 0.6 is 15.9 Å². The Morgan fingerprint density at radius 2 is 1.89 bits per heavy atom. The number of furan rings is 1. The molecule has 102 valence electrons. The number of hydrogen-bond donors (Lipinski definition) is 1. The van der Waals surface area contributed by atoms with Crippen LogP contribution in [0.25, 0.3) is 0 Å². The molecule has 2 aromatic rings. The third-order valence-electron chi connectivity index (χ3n) is 2.79. The van der Waals surface area contributed by atoms with E-state index in [1.165, 1.54) is 12.1 Å². The minimum atomic E-state index is -0.633. The number of hydrogen-bond acceptors (Lipinski definition) is 2. The van der Waals surface area contributed by atoms with Crippen molar-refractivity contribution >= 4 is 15.9 Å². The van der Waals surface area contributed by atoms with Gasteiger partial charge in [0, 0.05) is 10.0 Å². The van der Waals surface area contributed by atoms with Gasteiger partial charge in [-0.3, -0.25) is 0 Å². The van der Waals surface area contributed by atoms with Gasteiger partial charge in [0.15, 0.2) is 0 Å². The van der Waals surface area contributed by atoms with Crippen LogP contribution in [0.5, 0.6) is 0 Å². The highest BCUT2D eigenvalue weighted by Gasteiger charge is 2.24. The summed E-state index contributed by atoms with van der Waals surface area (Å²) in [7, 11) is 0. The van der Waals surface area contributed by atoms with Crippen molar-refractivity contribution in [2.24, 2.45) is 0 Å². The number of benzene rings is 1. The van der Waals surface area contributed by atoms with Gasteiger partial charge in [0.25, 0.3) is 0 Å². The largest absolute Gasteiger partial charge is 0.464 e. The fourth-order valence-corrected chi connectivity index (χ4v) is 2.39. The summed E-state index contributed by atoms with van der Waals surface area (Å²) in [6, 6.07) is 5.36. The van der Waals surface area contributed by atoms with Gasteiger partial charge < -0.3 is 9.73 Å². The van der Waals surface area contributed by atoms with Crippen LogP contribution in [0.15, 0.2) is 33.2 Å². The second kappa shape index (κ2) is 5.84. The summed E-state index contributed by atoms with van der Waals surface area (Å²) >= 11 is 3.07. The number of aryl methyl sites for hydroxylation is 1. The van der Waals surface area contributed by atoms with Crippen LogP contribution in [-0.2, 0) is 0 Å². The van der Waals surface area contributed by atoms with Crippen molar-refractivity contribution in [1.82, 2.24) is 5.32 Å². The second-order valence-electron chi connectivity index (χ2n) is 4.22. The highest BCUT2D eigenvalue weighted by molar-refractivity contribution is 9.10. The SMILES string of the molecule is CCNC(c1ccc(C)o1)c1c(F)cc(Br)cc1F.